The number of hydrogen-bond acceptors (Lipinski definition) is 6. The van der Waals surface area contributed by atoms with Gasteiger partial charge in [0.15, 0.2) is 6.61 Å². The van der Waals surface area contributed by atoms with Gasteiger partial charge in [0.1, 0.15) is 5.75 Å². The lowest BCUT2D eigenvalue weighted by Gasteiger charge is -2.34. The topological polar surface area (TPSA) is 61.8 Å². The van der Waals surface area contributed by atoms with Crippen LogP contribution in [0.25, 0.3) is 0 Å². The molecule has 7 heteroatoms. The number of ether oxygens (including phenoxy) is 1. The Morgan fingerprint density at radius 3 is 2.50 bits per heavy atom. The first-order valence-electron chi connectivity index (χ1n) is 10.0. The van der Waals surface area contributed by atoms with Crippen LogP contribution < -0.4 is 9.64 Å². The lowest BCUT2D eigenvalue weighted by atomic mass is 10.2. The summed E-state index contributed by atoms with van der Waals surface area (Å²) in [6.45, 7) is 6.62. The zero-order valence-corrected chi connectivity index (χ0v) is 16.2. The standard InChI is InChI=1S/C21H27N5O2/c27-20-17-28-19-7-2-1-6-18(19)16-26(20)11-4-3-10-24-12-14-25(15-13-24)21-22-8-5-9-23-21/h1-2,5-9H,3-4,10-17H2. The van der Waals surface area contributed by atoms with Gasteiger partial charge < -0.3 is 14.5 Å². The Morgan fingerprint density at radius 1 is 0.929 bits per heavy atom. The minimum Gasteiger partial charge on any atom is -0.483 e. The number of unbranched alkanes of at least 4 members (excludes halogenated alkanes) is 1. The van der Waals surface area contributed by atoms with Gasteiger partial charge >= 0.3 is 0 Å². The van der Waals surface area contributed by atoms with Crippen molar-refractivity contribution in [2.75, 3.05) is 50.8 Å². The predicted octanol–water partition coefficient (Wildman–Crippen LogP) is 1.80. The molecule has 7 nitrogen and oxygen atoms in total. The van der Waals surface area contributed by atoms with Crippen molar-refractivity contribution in [3.63, 3.8) is 0 Å². The van der Waals surface area contributed by atoms with Crippen molar-refractivity contribution in [2.45, 2.75) is 19.4 Å². The van der Waals surface area contributed by atoms with Crippen molar-refractivity contribution in [3.05, 3.63) is 48.3 Å². The molecule has 1 aromatic carbocycles. The van der Waals surface area contributed by atoms with Gasteiger partial charge in [-0.15, -0.1) is 0 Å². The molecule has 148 valence electrons. The van der Waals surface area contributed by atoms with Gasteiger partial charge in [-0.05, 0) is 31.5 Å². The molecular weight excluding hydrogens is 354 g/mol. The Morgan fingerprint density at radius 2 is 1.68 bits per heavy atom. The molecule has 28 heavy (non-hydrogen) atoms. The van der Waals surface area contributed by atoms with Crippen LogP contribution in [-0.4, -0.2) is 71.6 Å². The number of para-hydroxylation sites is 1. The lowest BCUT2D eigenvalue weighted by Crippen LogP contribution is -2.47. The van der Waals surface area contributed by atoms with Crippen LogP contribution in [0, 0.1) is 0 Å². The highest BCUT2D eigenvalue weighted by Crippen LogP contribution is 2.23. The molecule has 1 amide bonds. The average Bonchev–Trinajstić information content (AvgIpc) is 2.91. The molecule has 0 radical (unpaired) electrons. The molecule has 2 aliphatic rings. The van der Waals surface area contributed by atoms with Crippen LogP contribution in [0.2, 0.25) is 0 Å². The Labute approximate surface area is 165 Å². The second kappa shape index (κ2) is 9.01. The van der Waals surface area contributed by atoms with Crippen molar-refractivity contribution in [1.82, 2.24) is 19.8 Å². The molecule has 0 bridgehead atoms. The fourth-order valence-electron chi connectivity index (χ4n) is 3.77. The number of rotatable bonds is 6. The number of carbonyl (C=O) groups excluding carboxylic acids is 1. The minimum absolute atomic E-state index is 0.0766. The second-order valence-corrected chi connectivity index (χ2v) is 7.30. The van der Waals surface area contributed by atoms with Gasteiger partial charge in [0.05, 0.1) is 0 Å². The van der Waals surface area contributed by atoms with Crippen LogP contribution in [-0.2, 0) is 11.3 Å². The summed E-state index contributed by atoms with van der Waals surface area (Å²) in [5.41, 5.74) is 1.09. The smallest absolute Gasteiger partial charge is 0.260 e. The first-order valence-corrected chi connectivity index (χ1v) is 10.0. The van der Waals surface area contributed by atoms with Crippen molar-refractivity contribution >= 4 is 11.9 Å². The number of carbonyl (C=O) groups is 1. The summed E-state index contributed by atoms with van der Waals surface area (Å²) in [6.07, 6.45) is 5.69. The monoisotopic (exact) mass is 381 g/mol. The molecule has 0 spiro atoms. The number of nitrogens with zero attached hydrogens (tertiary/aromatic N) is 5. The summed E-state index contributed by atoms with van der Waals surface area (Å²) < 4.78 is 5.62. The maximum Gasteiger partial charge on any atom is 0.260 e. The third-order valence-electron chi connectivity index (χ3n) is 5.40. The summed E-state index contributed by atoms with van der Waals surface area (Å²) in [5.74, 6) is 1.73. The Balaban J connectivity index is 1.19. The van der Waals surface area contributed by atoms with E-state index in [1.54, 1.807) is 12.4 Å². The van der Waals surface area contributed by atoms with E-state index in [0.717, 1.165) is 69.4 Å². The number of benzene rings is 1. The van der Waals surface area contributed by atoms with Crippen molar-refractivity contribution < 1.29 is 9.53 Å². The summed E-state index contributed by atoms with van der Waals surface area (Å²) >= 11 is 0. The molecule has 2 aromatic rings. The van der Waals surface area contributed by atoms with E-state index in [9.17, 15) is 4.79 Å². The van der Waals surface area contributed by atoms with Crippen molar-refractivity contribution in [1.29, 1.82) is 0 Å². The van der Waals surface area contributed by atoms with E-state index in [1.807, 2.05) is 35.2 Å². The van der Waals surface area contributed by atoms with Crippen LogP contribution in [0.15, 0.2) is 42.7 Å². The minimum atomic E-state index is 0.0766. The molecule has 0 aliphatic carbocycles. The highest BCUT2D eigenvalue weighted by Gasteiger charge is 2.21. The summed E-state index contributed by atoms with van der Waals surface area (Å²) in [6, 6.07) is 9.77. The van der Waals surface area contributed by atoms with Gasteiger partial charge in [-0.2, -0.15) is 0 Å². The van der Waals surface area contributed by atoms with Crippen molar-refractivity contribution in [3.8, 4) is 5.75 Å². The first-order chi connectivity index (χ1) is 13.8. The third kappa shape index (κ3) is 4.59. The normalized spacial score (nSPS) is 17.8. The zero-order chi connectivity index (χ0) is 19.2. The molecule has 4 rings (SSSR count). The van der Waals surface area contributed by atoms with Crippen molar-refractivity contribution in [2.24, 2.45) is 0 Å². The Kier molecular flexibility index (Phi) is 6.01. The van der Waals surface area contributed by atoms with Crippen LogP contribution in [0.5, 0.6) is 5.75 Å². The molecule has 3 heterocycles. The SMILES string of the molecule is O=C1COc2ccccc2CN1CCCCN1CCN(c2ncccn2)CC1. The van der Waals surface area contributed by atoms with E-state index < -0.39 is 0 Å². The fourth-order valence-corrected chi connectivity index (χ4v) is 3.77. The van der Waals surface area contributed by atoms with Gasteiger partial charge in [-0.3, -0.25) is 9.69 Å². The molecule has 2 aliphatic heterocycles. The van der Waals surface area contributed by atoms with Gasteiger partial charge in [0, 0.05) is 57.2 Å². The van der Waals surface area contributed by atoms with Gasteiger partial charge in [-0.25, -0.2) is 9.97 Å². The highest BCUT2D eigenvalue weighted by molar-refractivity contribution is 5.78. The number of hydrogen-bond donors (Lipinski definition) is 0. The van der Waals surface area contributed by atoms with E-state index in [1.165, 1.54) is 0 Å². The largest absolute Gasteiger partial charge is 0.483 e. The summed E-state index contributed by atoms with van der Waals surface area (Å²) in [5, 5.41) is 0. The summed E-state index contributed by atoms with van der Waals surface area (Å²) in [4.78, 5) is 27.6. The first kappa shape index (κ1) is 18.7. The molecule has 1 saturated heterocycles. The number of fused-ring (bicyclic) bond motifs is 1. The number of aromatic nitrogens is 2. The van der Waals surface area contributed by atoms with E-state index >= 15 is 0 Å². The molecule has 0 saturated carbocycles. The van der Waals surface area contributed by atoms with Crippen LogP contribution in [0.1, 0.15) is 18.4 Å². The number of amides is 1. The molecule has 0 N–H and O–H groups in total. The highest BCUT2D eigenvalue weighted by atomic mass is 16.5. The second-order valence-electron chi connectivity index (χ2n) is 7.30. The molecule has 1 fully saturated rings. The van der Waals surface area contributed by atoms with Gasteiger partial charge in [-0.1, -0.05) is 18.2 Å². The lowest BCUT2D eigenvalue weighted by molar-refractivity contribution is -0.133. The van der Waals surface area contributed by atoms with Gasteiger partial charge in [0.25, 0.3) is 5.91 Å². The fraction of sp³-hybridized carbons (Fsp3) is 0.476. The maximum atomic E-state index is 12.3. The Bertz CT molecular complexity index is 777. The van der Waals surface area contributed by atoms with E-state index in [4.69, 9.17) is 4.74 Å². The van der Waals surface area contributed by atoms with Crippen LogP contribution in [0.4, 0.5) is 5.95 Å². The molecule has 0 atom stereocenters. The zero-order valence-electron chi connectivity index (χ0n) is 16.2. The average molecular weight is 381 g/mol. The van der Waals surface area contributed by atoms with Crippen LogP contribution in [0.3, 0.4) is 0 Å². The van der Waals surface area contributed by atoms with E-state index in [2.05, 4.69) is 19.8 Å². The van der Waals surface area contributed by atoms with Crippen LogP contribution >= 0.6 is 0 Å². The third-order valence-corrected chi connectivity index (χ3v) is 5.40. The van der Waals surface area contributed by atoms with Gasteiger partial charge in [0.2, 0.25) is 5.95 Å². The number of anilines is 1. The quantitative estimate of drug-likeness (QED) is 0.711. The molecule has 0 unspecified atom stereocenters. The molecular formula is C21H27N5O2. The number of piperazine rings is 1. The predicted molar refractivity (Wildman–Crippen MR) is 107 cm³/mol. The van der Waals surface area contributed by atoms with E-state index in [0.29, 0.717) is 6.54 Å². The Hall–Kier alpha value is -2.67. The summed E-state index contributed by atoms with van der Waals surface area (Å²) in [7, 11) is 0. The molecule has 1 aromatic heterocycles. The van der Waals surface area contributed by atoms with E-state index in [-0.39, 0.29) is 12.5 Å². The maximum absolute atomic E-state index is 12.3.